The molecule has 2 N–H and O–H groups in total. The van der Waals surface area contributed by atoms with Crippen molar-refractivity contribution in [3.05, 3.63) is 93.7 Å². The molecular weight excluding hydrogens is 460 g/mol. The molecule has 0 saturated heterocycles. The Bertz CT molecular complexity index is 1420. The van der Waals surface area contributed by atoms with Gasteiger partial charge in [-0.15, -0.1) is 0 Å². The van der Waals surface area contributed by atoms with Gasteiger partial charge in [0.25, 0.3) is 11.5 Å². The van der Waals surface area contributed by atoms with Crippen LogP contribution in [0.1, 0.15) is 12.5 Å². The number of thioether (sulfide) groups is 1. The highest BCUT2D eigenvalue weighted by Gasteiger charge is 2.15. The molecule has 0 aliphatic heterocycles. The van der Waals surface area contributed by atoms with Crippen LogP contribution in [0, 0.1) is 0 Å². The molecule has 0 atom stereocenters. The number of hydrogen-bond acceptors (Lipinski definition) is 6. The number of nitrogens with one attached hydrogen (secondary N) is 1. The van der Waals surface area contributed by atoms with E-state index in [9.17, 15) is 14.7 Å². The summed E-state index contributed by atoms with van der Waals surface area (Å²) in [6, 6.07) is 20.6. The van der Waals surface area contributed by atoms with Gasteiger partial charge < -0.3 is 5.11 Å². The molecule has 3 aromatic carbocycles. The molecule has 0 spiro atoms. The van der Waals surface area contributed by atoms with E-state index >= 15 is 0 Å². The highest BCUT2D eigenvalue weighted by Crippen LogP contribution is 2.22. The fourth-order valence-electron chi connectivity index (χ4n) is 3.18. The van der Waals surface area contributed by atoms with Crippen LogP contribution in [0.25, 0.3) is 16.6 Å². The molecule has 4 rings (SSSR count). The number of phenolic OH excluding ortho intramolecular Hbond substituents is 1. The number of phenols is 1. The molecule has 9 heteroatoms. The van der Waals surface area contributed by atoms with E-state index in [4.69, 9.17) is 11.6 Å². The minimum atomic E-state index is -0.375. The predicted octanol–water partition coefficient (Wildman–Crippen LogP) is 4.38. The topological polar surface area (TPSA) is 96.6 Å². The van der Waals surface area contributed by atoms with Crippen molar-refractivity contribution in [2.24, 2.45) is 5.10 Å². The Morgan fingerprint density at radius 3 is 2.55 bits per heavy atom. The first-order chi connectivity index (χ1) is 15.9. The van der Waals surface area contributed by atoms with Gasteiger partial charge in [-0.05, 0) is 55.5 Å². The molecular formula is C24H19ClN4O3S. The molecule has 0 bridgehead atoms. The SMILES string of the molecule is CC(=NNC(=O)CSc1nc2ccccc2c(=O)n1-c1ccc(Cl)cc1)c1ccccc1O. The minimum Gasteiger partial charge on any atom is -0.507 e. The van der Waals surface area contributed by atoms with Crippen molar-refractivity contribution in [3.63, 3.8) is 0 Å². The van der Waals surface area contributed by atoms with Crippen molar-refractivity contribution in [3.8, 4) is 11.4 Å². The molecule has 1 amide bonds. The maximum Gasteiger partial charge on any atom is 0.266 e. The minimum absolute atomic E-state index is 0.0179. The van der Waals surface area contributed by atoms with Crippen LogP contribution in [-0.4, -0.2) is 32.0 Å². The summed E-state index contributed by atoms with van der Waals surface area (Å²) in [4.78, 5) is 30.3. The monoisotopic (exact) mass is 478 g/mol. The number of nitrogens with zero attached hydrogens (tertiary/aromatic N) is 3. The van der Waals surface area contributed by atoms with Crippen molar-refractivity contribution >= 4 is 45.9 Å². The maximum absolute atomic E-state index is 13.2. The molecule has 4 aromatic rings. The van der Waals surface area contributed by atoms with Crippen LogP contribution in [0.2, 0.25) is 5.02 Å². The second-order valence-electron chi connectivity index (χ2n) is 7.07. The van der Waals surface area contributed by atoms with Crippen molar-refractivity contribution < 1.29 is 9.90 Å². The number of aromatic nitrogens is 2. The van der Waals surface area contributed by atoms with Gasteiger partial charge in [-0.3, -0.25) is 14.2 Å². The summed E-state index contributed by atoms with van der Waals surface area (Å²) in [6.45, 7) is 1.69. The summed E-state index contributed by atoms with van der Waals surface area (Å²) < 4.78 is 1.47. The van der Waals surface area contributed by atoms with E-state index in [1.54, 1.807) is 79.7 Å². The molecule has 33 heavy (non-hydrogen) atoms. The van der Waals surface area contributed by atoms with Crippen molar-refractivity contribution in [1.29, 1.82) is 0 Å². The molecule has 1 aromatic heterocycles. The highest BCUT2D eigenvalue weighted by molar-refractivity contribution is 7.99. The summed E-state index contributed by atoms with van der Waals surface area (Å²) in [5.41, 5.74) is 4.38. The molecule has 0 fully saturated rings. The number of benzene rings is 3. The van der Waals surface area contributed by atoms with Crippen LogP contribution in [0.5, 0.6) is 5.75 Å². The van der Waals surface area contributed by atoms with Gasteiger partial charge >= 0.3 is 0 Å². The number of carbonyl (C=O) groups is 1. The average molecular weight is 479 g/mol. The Balaban J connectivity index is 1.59. The zero-order valence-electron chi connectivity index (χ0n) is 17.5. The zero-order chi connectivity index (χ0) is 23.4. The normalized spacial score (nSPS) is 11.5. The smallest absolute Gasteiger partial charge is 0.266 e. The van der Waals surface area contributed by atoms with Crippen LogP contribution in [0.15, 0.2) is 87.8 Å². The number of halogens is 1. The first-order valence-corrected chi connectivity index (χ1v) is 11.3. The Labute approximate surface area is 198 Å². The van der Waals surface area contributed by atoms with E-state index in [0.29, 0.717) is 38.0 Å². The number of carbonyl (C=O) groups excluding carboxylic acids is 1. The third-order valence-electron chi connectivity index (χ3n) is 4.80. The average Bonchev–Trinajstić information content (AvgIpc) is 2.82. The van der Waals surface area contributed by atoms with Crippen LogP contribution < -0.4 is 11.0 Å². The molecule has 166 valence electrons. The molecule has 7 nitrogen and oxygen atoms in total. The molecule has 0 aliphatic carbocycles. The van der Waals surface area contributed by atoms with Crippen molar-refractivity contribution in [2.45, 2.75) is 12.1 Å². The third-order valence-corrected chi connectivity index (χ3v) is 5.99. The third kappa shape index (κ3) is 5.08. The summed E-state index contributed by atoms with van der Waals surface area (Å²) in [7, 11) is 0. The molecule has 1 heterocycles. The predicted molar refractivity (Wildman–Crippen MR) is 132 cm³/mol. The molecule has 0 saturated carbocycles. The standard InChI is InChI=1S/C24H19ClN4O3S/c1-15(18-6-3-5-9-21(18)30)27-28-22(31)14-33-24-26-20-8-4-2-7-19(20)23(32)29(24)17-12-10-16(25)11-13-17/h2-13,30H,14H2,1H3,(H,28,31). The van der Waals surface area contributed by atoms with Gasteiger partial charge in [-0.25, -0.2) is 10.4 Å². The van der Waals surface area contributed by atoms with Gasteiger partial charge in [0, 0.05) is 10.6 Å². The number of hydrazone groups is 1. The quantitative estimate of drug-likeness (QED) is 0.185. The second-order valence-corrected chi connectivity index (χ2v) is 8.45. The Morgan fingerprint density at radius 2 is 1.79 bits per heavy atom. The highest BCUT2D eigenvalue weighted by atomic mass is 35.5. The fraction of sp³-hybridized carbons (Fsp3) is 0.0833. The summed E-state index contributed by atoms with van der Waals surface area (Å²) in [5.74, 6) is -0.315. The van der Waals surface area contributed by atoms with Gasteiger partial charge in [-0.1, -0.05) is 47.6 Å². The van der Waals surface area contributed by atoms with E-state index in [-0.39, 0.29) is 23.0 Å². The lowest BCUT2D eigenvalue weighted by Crippen LogP contribution is -2.24. The Kier molecular flexibility index (Phi) is 6.76. The van der Waals surface area contributed by atoms with Crippen LogP contribution in [0.3, 0.4) is 0 Å². The lowest BCUT2D eigenvalue weighted by atomic mass is 10.1. The molecule has 0 radical (unpaired) electrons. The number of hydrogen-bond donors (Lipinski definition) is 2. The van der Waals surface area contributed by atoms with E-state index in [0.717, 1.165) is 11.8 Å². The molecule has 0 aliphatic rings. The summed E-state index contributed by atoms with van der Waals surface area (Å²) in [6.07, 6.45) is 0. The van der Waals surface area contributed by atoms with E-state index in [2.05, 4.69) is 15.5 Å². The van der Waals surface area contributed by atoms with Crippen molar-refractivity contribution in [1.82, 2.24) is 15.0 Å². The lowest BCUT2D eigenvalue weighted by Gasteiger charge is -2.13. The Morgan fingerprint density at radius 1 is 1.09 bits per heavy atom. The van der Waals surface area contributed by atoms with Gasteiger partial charge in [0.2, 0.25) is 0 Å². The van der Waals surface area contributed by atoms with Crippen LogP contribution in [0.4, 0.5) is 0 Å². The van der Waals surface area contributed by atoms with E-state index < -0.39 is 0 Å². The largest absolute Gasteiger partial charge is 0.507 e. The maximum atomic E-state index is 13.2. The van der Waals surface area contributed by atoms with Gasteiger partial charge in [0.15, 0.2) is 5.16 Å². The van der Waals surface area contributed by atoms with Crippen molar-refractivity contribution in [2.75, 3.05) is 5.75 Å². The van der Waals surface area contributed by atoms with Crippen LogP contribution >= 0.6 is 23.4 Å². The fourth-order valence-corrected chi connectivity index (χ4v) is 4.11. The van der Waals surface area contributed by atoms with E-state index in [1.807, 2.05) is 0 Å². The van der Waals surface area contributed by atoms with Gasteiger partial charge in [0.05, 0.1) is 28.1 Å². The number of amides is 1. The first-order valence-electron chi connectivity index (χ1n) is 9.96. The second kappa shape index (κ2) is 9.89. The summed E-state index contributed by atoms with van der Waals surface area (Å²) >= 11 is 7.12. The zero-order valence-corrected chi connectivity index (χ0v) is 19.1. The molecule has 0 unspecified atom stereocenters. The van der Waals surface area contributed by atoms with Gasteiger partial charge in [0.1, 0.15) is 5.75 Å². The van der Waals surface area contributed by atoms with E-state index in [1.165, 1.54) is 4.57 Å². The number of fused-ring (bicyclic) bond motifs is 1. The number of para-hydroxylation sites is 2. The lowest BCUT2D eigenvalue weighted by molar-refractivity contribution is -0.118. The van der Waals surface area contributed by atoms with Crippen LogP contribution in [-0.2, 0) is 4.79 Å². The number of rotatable bonds is 6. The van der Waals surface area contributed by atoms with Gasteiger partial charge in [-0.2, -0.15) is 5.10 Å². The summed E-state index contributed by atoms with van der Waals surface area (Å²) in [5, 5.41) is 15.4. The number of aromatic hydroxyl groups is 1. The first kappa shape index (κ1) is 22.6. The Hall–Kier alpha value is -3.62.